The average Bonchev–Trinajstić information content (AvgIpc) is 3.99. The number of aryl methyl sites for hydroxylation is 3. The van der Waals surface area contributed by atoms with Crippen molar-refractivity contribution in [2.75, 3.05) is 52.4 Å². The average molecular weight is 1050 g/mol. The third-order valence-electron chi connectivity index (χ3n) is 14.6. The highest BCUT2D eigenvalue weighted by molar-refractivity contribution is 6.30. The summed E-state index contributed by atoms with van der Waals surface area (Å²) >= 11 is 6.54. The molecule has 2 N–H and O–H groups in total. The van der Waals surface area contributed by atoms with E-state index < -0.39 is 22.4 Å². The Balaban J connectivity index is 0.000000186. The Morgan fingerprint density at radius 3 is 1.39 bits per heavy atom. The quantitative estimate of drug-likeness (QED) is 0.163. The van der Waals surface area contributed by atoms with Gasteiger partial charge in [0.15, 0.2) is 0 Å². The molecule has 6 heterocycles. The van der Waals surface area contributed by atoms with Gasteiger partial charge >= 0.3 is 12.2 Å². The van der Waals surface area contributed by atoms with Crippen LogP contribution in [0.1, 0.15) is 129 Å². The van der Waals surface area contributed by atoms with E-state index in [-0.39, 0.29) is 24.3 Å². The number of ether oxygens (including phenoxy) is 2. The molecular weight excluding hydrogens is 980 g/mol. The topological polar surface area (TPSA) is 167 Å². The number of amides is 2. The first-order valence-electron chi connectivity index (χ1n) is 26.0. The van der Waals surface area contributed by atoms with E-state index in [2.05, 4.69) is 57.0 Å². The van der Waals surface area contributed by atoms with Gasteiger partial charge in [0.2, 0.25) is 0 Å². The van der Waals surface area contributed by atoms with Crippen LogP contribution in [-0.4, -0.2) is 135 Å². The number of rotatable bonds is 6. The van der Waals surface area contributed by atoms with Gasteiger partial charge in [-0.25, -0.2) is 19.6 Å². The number of benzene rings is 2. The fourth-order valence-corrected chi connectivity index (χ4v) is 11.1. The number of hydrogen-bond acceptors (Lipinski definition) is 12. The molecule has 0 radical (unpaired) electrons. The number of hydrogen-bond donors (Lipinski definition) is 2. The lowest BCUT2D eigenvalue weighted by atomic mass is 9.83. The Labute approximate surface area is 451 Å². The summed E-state index contributed by atoms with van der Waals surface area (Å²) in [6, 6.07) is 19.9. The van der Waals surface area contributed by atoms with Gasteiger partial charge in [0.05, 0.1) is 59.9 Å². The molecule has 2 fully saturated rings. The van der Waals surface area contributed by atoms with Gasteiger partial charge in [-0.3, -0.25) is 19.8 Å². The summed E-state index contributed by atoms with van der Waals surface area (Å²) < 4.78 is 14.9. The predicted molar refractivity (Wildman–Crippen MR) is 295 cm³/mol. The van der Waals surface area contributed by atoms with E-state index in [4.69, 9.17) is 31.0 Å². The van der Waals surface area contributed by atoms with E-state index in [0.717, 1.165) is 61.5 Å². The second-order valence-electron chi connectivity index (χ2n) is 22.6. The number of fused-ring (bicyclic) bond motifs is 4. The fourth-order valence-electron chi connectivity index (χ4n) is 10.9. The molecule has 6 aromatic rings. The van der Waals surface area contributed by atoms with Crippen LogP contribution in [0.5, 0.6) is 0 Å². The van der Waals surface area contributed by atoms with E-state index in [9.17, 15) is 19.8 Å². The van der Waals surface area contributed by atoms with E-state index in [0.29, 0.717) is 68.8 Å². The van der Waals surface area contributed by atoms with Gasteiger partial charge in [0, 0.05) is 83.9 Å². The maximum atomic E-state index is 12.7. The minimum atomic E-state index is -1.35. The van der Waals surface area contributed by atoms with E-state index >= 15 is 0 Å². The molecule has 4 atom stereocenters. The molecule has 0 spiro atoms. The molecule has 4 aliphatic rings. The highest BCUT2D eigenvalue weighted by atomic mass is 35.5. The largest absolute Gasteiger partial charge is 0.444 e. The maximum absolute atomic E-state index is 12.7. The van der Waals surface area contributed by atoms with Crippen molar-refractivity contribution in [3.63, 3.8) is 0 Å². The number of halogens is 1. The lowest BCUT2D eigenvalue weighted by molar-refractivity contribution is 0.0108. The molecule has 76 heavy (non-hydrogen) atoms. The van der Waals surface area contributed by atoms with Gasteiger partial charge in [0.1, 0.15) is 22.4 Å². The molecule has 2 aliphatic carbocycles. The van der Waals surface area contributed by atoms with E-state index in [1.165, 1.54) is 0 Å². The van der Waals surface area contributed by atoms with Crippen LogP contribution in [0.15, 0.2) is 98.1 Å². The molecule has 2 amide bonds. The summed E-state index contributed by atoms with van der Waals surface area (Å²) in [4.78, 5) is 51.9. The summed E-state index contributed by atoms with van der Waals surface area (Å²) in [5.74, 6) is 0. The number of pyridine rings is 2. The van der Waals surface area contributed by atoms with Crippen LogP contribution in [0.2, 0.25) is 5.02 Å². The molecule has 10 rings (SSSR count). The zero-order valence-corrected chi connectivity index (χ0v) is 46.3. The molecule has 4 aromatic heterocycles. The van der Waals surface area contributed by atoms with Crippen molar-refractivity contribution in [1.82, 2.24) is 48.7 Å². The van der Waals surface area contributed by atoms with E-state index in [1.54, 1.807) is 48.0 Å². The number of imidazole rings is 2. The smallest absolute Gasteiger partial charge is 0.410 e. The first-order chi connectivity index (χ1) is 35.9. The van der Waals surface area contributed by atoms with Crippen LogP contribution < -0.4 is 0 Å². The second kappa shape index (κ2) is 21.0. The Morgan fingerprint density at radius 2 is 1.00 bits per heavy atom. The third kappa shape index (κ3) is 11.1. The molecule has 2 aromatic carbocycles. The van der Waals surface area contributed by atoms with Gasteiger partial charge in [-0.1, -0.05) is 53.6 Å². The number of aromatic nitrogens is 6. The SMILES string of the molecule is Cc1ccc2c(c1)C([C@](C)(O)c1cncn1C)=Cc1cccnc1[C@H]2N1CCN(C(=O)OC(C)(C)C)CC1.Cn1cncc1[C@](C)(O)C1=Cc2cccnc2[C@@H](N2CCN(C(=O)OC(C)(C)C)CC2)c2ccc(Cl)cc21. The summed E-state index contributed by atoms with van der Waals surface area (Å²) in [7, 11) is 3.77. The van der Waals surface area contributed by atoms with Crippen molar-refractivity contribution in [2.45, 2.75) is 96.8 Å². The highest BCUT2D eigenvalue weighted by Gasteiger charge is 2.42. The van der Waals surface area contributed by atoms with Gasteiger partial charge in [-0.2, -0.15) is 0 Å². The van der Waals surface area contributed by atoms with Crippen molar-refractivity contribution in [3.8, 4) is 0 Å². The highest BCUT2D eigenvalue weighted by Crippen LogP contribution is 2.48. The summed E-state index contributed by atoms with van der Waals surface area (Å²) in [5.41, 5.74) is 8.03. The Hall–Kier alpha value is -6.69. The van der Waals surface area contributed by atoms with E-state index in [1.807, 2.05) is 120 Å². The monoisotopic (exact) mass is 1050 g/mol. The Bertz CT molecular complexity index is 2970. The second-order valence-corrected chi connectivity index (χ2v) is 23.1. The van der Waals surface area contributed by atoms with Crippen LogP contribution in [-0.2, 0) is 34.8 Å². The third-order valence-corrected chi connectivity index (χ3v) is 14.8. The normalized spacial score (nSPS) is 19.6. The standard InChI is InChI=1S/C30H37N5O3.C29H34ClN5O3/c1-20-9-10-22-23(16-20)24(30(5,37)25-18-31-19-33(25)6)17-21-8-7-11-32-26(21)27(22)34-12-14-35(15-13-34)28(36)38-29(2,3)4;1-28(2,3)38-27(36)35-13-11-34(12-14-35)26-21-9-8-20(30)16-22(21)23(15-19-7-6-10-32-25(19)26)29(4,37)24-17-31-18-33(24)5/h7-11,16-19,27,37H,12-15H2,1-6H3;6-10,15-18,26,37H,11-14H2,1-5H3/t27-,30-;26-,29+/m00/s1. The number of nitrogens with zero attached hydrogens (tertiary/aromatic N) is 10. The minimum Gasteiger partial charge on any atom is -0.444 e. The molecular formula is C59H71ClN10O6. The molecule has 0 unspecified atom stereocenters. The van der Waals surface area contributed by atoms with Gasteiger partial charge in [0.25, 0.3) is 0 Å². The van der Waals surface area contributed by atoms with Crippen molar-refractivity contribution in [3.05, 3.63) is 165 Å². The van der Waals surface area contributed by atoms with Crippen LogP contribution in [0.4, 0.5) is 9.59 Å². The Morgan fingerprint density at radius 1 is 0.592 bits per heavy atom. The van der Waals surface area contributed by atoms with Crippen molar-refractivity contribution in [2.24, 2.45) is 14.1 Å². The molecule has 17 heteroatoms. The van der Waals surface area contributed by atoms with Crippen LogP contribution in [0.3, 0.4) is 0 Å². The zero-order valence-electron chi connectivity index (χ0n) is 45.6. The summed E-state index contributed by atoms with van der Waals surface area (Å²) in [6.07, 6.45) is 14.0. The summed E-state index contributed by atoms with van der Waals surface area (Å²) in [6.45, 7) is 21.9. The number of carbonyl (C=O) groups is 2. The summed E-state index contributed by atoms with van der Waals surface area (Å²) in [5, 5.41) is 24.6. The van der Waals surface area contributed by atoms with Gasteiger partial charge in [-0.05, 0) is 143 Å². The lowest BCUT2D eigenvalue weighted by Gasteiger charge is -2.40. The molecule has 0 saturated carbocycles. The van der Waals surface area contributed by atoms with Crippen LogP contribution in [0.25, 0.3) is 23.3 Å². The van der Waals surface area contributed by atoms with Crippen LogP contribution >= 0.6 is 11.6 Å². The zero-order chi connectivity index (χ0) is 54.5. The van der Waals surface area contributed by atoms with Crippen molar-refractivity contribution >= 4 is 47.1 Å². The van der Waals surface area contributed by atoms with Crippen molar-refractivity contribution < 1.29 is 29.3 Å². The van der Waals surface area contributed by atoms with Gasteiger partial charge in [-0.15, -0.1) is 0 Å². The number of aliphatic hydroxyl groups is 2. The molecule has 0 bridgehead atoms. The molecule has 16 nitrogen and oxygen atoms in total. The van der Waals surface area contributed by atoms with Crippen LogP contribution in [0, 0.1) is 6.92 Å². The molecule has 400 valence electrons. The Kier molecular flexibility index (Phi) is 15.0. The predicted octanol–water partition coefficient (Wildman–Crippen LogP) is 9.40. The van der Waals surface area contributed by atoms with Gasteiger partial charge < -0.3 is 38.6 Å². The lowest BCUT2D eigenvalue weighted by Crippen LogP contribution is -2.51. The molecule has 2 saturated heterocycles. The number of carbonyl (C=O) groups excluding carboxylic acids is 2. The first-order valence-corrected chi connectivity index (χ1v) is 26.4. The van der Waals surface area contributed by atoms with Crippen molar-refractivity contribution in [1.29, 1.82) is 0 Å². The minimum absolute atomic E-state index is 0.126. The fraction of sp³-hybridized carbons (Fsp3) is 0.424. The number of piperazine rings is 2. The maximum Gasteiger partial charge on any atom is 0.410 e. The molecule has 2 aliphatic heterocycles. The first kappa shape index (κ1) is 54.1.